The smallest absolute Gasteiger partial charge is 0.307 e. The third-order valence-corrected chi connectivity index (χ3v) is 4.66. The fourth-order valence-electron chi connectivity index (χ4n) is 3.11. The van der Waals surface area contributed by atoms with Crippen LogP contribution >= 0.6 is 0 Å². The summed E-state index contributed by atoms with van der Waals surface area (Å²) in [5.74, 6) is -1.30. The minimum absolute atomic E-state index is 0.0499. The number of carbonyl (C=O) groups is 4. The lowest BCUT2D eigenvalue weighted by molar-refractivity contribution is -0.149. The molecular formula is C21H30N4O5. The minimum Gasteiger partial charge on any atom is -0.466 e. The Balaban J connectivity index is 1.96. The molecule has 164 valence electrons. The van der Waals surface area contributed by atoms with Gasteiger partial charge in [-0.15, -0.1) is 0 Å². The van der Waals surface area contributed by atoms with Crippen LogP contribution in [0, 0.1) is 0 Å². The van der Waals surface area contributed by atoms with Crippen LogP contribution in [0.1, 0.15) is 43.5 Å². The van der Waals surface area contributed by atoms with Crippen LogP contribution in [0.4, 0.5) is 5.69 Å². The molecule has 1 saturated heterocycles. The van der Waals surface area contributed by atoms with Crippen LogP contribution in [-0.2, 0) is 19.1 Å². The van der Waals surface area contributed by atoms with E-state index in [9.17, 15) is 19.2 Å². The fraction of sp³-hybridized carbons (Fsp3) is 0.524. The van der Waals surface area contributed by atoms with E-state index in [-0.39, 0.29) is 30.7 Å². The van der Waals surface area contributed by atoms with Crippen molar-refractivity contribution in [2.75, 3.05) is 38.1 Å². The average molecular weight is 418 g/mol. The van der Waals surface area contributed by atoms with E-state index < -0.39 is 12.0 Å². The summed E-state index contributed by atoms with van der Waals surface area (Å²) in [7, 11) is 0. The van der Waals surface area contributed by atoms with Crippen molar-refractivity contribution in [1.82, 2.24) is 15.5 Å². The van der Waals surface area contributed by atoms with Crippen molar-refractivity contribution < 1.29 is 23.9 Å². The lowest BCUT2D eigenvalue weighted by Crippen LogP contribution is -2.57. The Hall–Kier alpha value is -2.94. The Kier molecular flexibility index (Phi) is 9.27. The molecular weight excluding hydrogens is 388 g/mol. The molecule has 9 heteroatoms. The Labute approximate surface area is 176 Å². The largest absolute Gasteiger partial charge is 0.466 e. The molecule has 0 radical (unpaired) electrons. The van der Waals surface area contributed by atoms with E-state index in [0.717, 1.165) is 12.8 Å². The van der Waals surface area contributed by atoms with E-state index in [0.29, 0.717) is 37.5 Å². The highest BCUT2D eigenvalue weighted by atomic mass is 16.5. The molecule has 1 unspecified atom stereocenters. The van der Waals surface area contributed by atoms with Crippen LogP contribution in [0.3, 0.4) is 0 Å². The summed E-state index contributed by atoms with van der Waals surface area (Å²) in [6.45, 7) is 5.46. The van der Waals surface area contributed by atoms with Gasteiger partial charge in [-0.05, 0) is 31.5 Å². The molecule has 0 aliphatic carbocycles. The van der Waals surface area contributed by atoms with Gasteiger partial charge in [0.15, 0.2) is 0 Å². The summed E-state index contributed by atoms with van der Waals surface area (Å²) in [4.78, 5) is 50.5. The Morgan fingerprint density at radius 1 is 1.27 bits per heavy atom. The number of hydrogen-bond acceptors (Lipinski definition) is 6. The number of anilines is 1. The van der Waals surface area contributed by atoms with Gasteiger partial charge in [-0.25, -0.2) is 0 Å². The van der Waals surface area contributed by atoms with Crippen molar-refractivity contribution in [2.24, 2.45) is 0 Å². The van der Waals surface area contributed by atoms with Gasteiger partial charge < -0.3 is 20.7 Å². The number of carbonyl (C=O) groups excluding carboxylic acids is 4. The Morgan fingerprint density at radius 3 is 2.80 bits per heavy atom. The topological polar surface area (TPSA) is 117 Å². The first-order valence-electron chi connectivity index (χ1n) is 10.3. The first kappa shape index (κ1) is 23.3. The van der Waals surface area contributed by atoms with Gasteiger partial charge in [0.25, 0.3) is 5.91 Å². The maximum atomic E-state index is 12.5. The Bertz CT molecular complexity index is 768. The SMILES string of the molecule is CCCCOC(=O)CC1C(=O)NCCN1CC(=O)Nc1cccc(C(=O)NCC)c1. The number of piperazine rings is 1. The number of hydrogen-bond donors (Lipinski definition) is 3. The molecule has 0 spiro atoms. The summed E-state index contributed by atoms with van der Waals surface area (Å²) in [6, 6.07) is 5.88. The molecule has 9 nitrogen and oxygen atoms in total. The van der Waals surface area contributed by atoms with Crippen LogP contribution < -0.4 is 16.0 Å². The van der Waals surface area contributed by atoms with Gasteiger partial charge >= 0.3 is 5.97 Å². The van der Waals surface area contributed by atoms with Gasteiger partial charge in [0, 0.05) is 30.9 Å². The summed E-state index contributed by atoms with van der Waals surface area (Å²) in [6.07, 6.45) is 1.57. The predicted molar refractivity (Wildman–Crippen MR) is 112 cm³/mol. The van der Waals surface area contributed by atoms with E-state index in [4.69, 9.17) is 4.74 Å². The monoisotopic (exact) mass is 418 g/mol. The number of unbranched alkanes of at least 4 members (excludes halogenated alkanes) is 1. The van der Waals surface area contributed by atoms with E-state index in [1.165, 1.54) is 0 Å². The molecule has 2 rings (SSSR count). The zero-order valence-electron chi connectivity index (χ0n) is 17.5. The number of nitrogens with zero attached hydrogens (tertiary/aromatic N) is 1. The average Bonchev–Trinajstić information content (AvgIpc) is 2.71. The molecule has 1 aliphatic heterocycles. The molecule has 30 heavy (non-hydrogen) atoms. The minimum atomic E-state index is -0.750. The maximum Gasteiger partial charge on any atom is 0.307 e. The first-order chi connectivity index (χ1) is 14.4. The van der Waals surface area contributed by atoms with Crippen LogP contribution in [0.2, 0.25) is 0 Å². The lowest BCUT2D eigenvalue weighted by atomic mass is 10.1. The number of benzene rings is 1. The second-order valence-electron chi connectivity index (χ2n) is 7.04. The predicted octanol–water partition coefficient (Wildman–Crippen LogP) is 0.909. The molecule has 1 heterocycles. The van der Waals surface area contributed by atoms with Crippen molar-refractivity contribution in [2.45, 2.75) is 39.2 Å². The second kappa shape index (κ2) is 11.9. The van der Waals surface area contributed by atoms with Crippen LogP contribution in [-0.4, -0.2) is 67.4 Å². The highest BCUT2D eigenvalue weighted by Crippen LogP contribution is 2.13. The van der Waals surface area contributed by atoms with E-state index in [1.807, 2.05) is 13.8 Å². The standard InChI is InChI=1S/C21H30N4O5/c1-3-5-11-30-19(27)13-17-21(29)23-9-10-25(17)14-18(26)24-16-8-6-7-15(12-16)20(28)22-4-2/h6-8,12,17H,3-5,9-11,13-14H2,1-2H3,(H,22,28)(H,23,29)(H,24,26). The molecule has 3 amide bonds. The zero-order chi connectivity index (χ0) is 21.9. The summed E-state index contributed by atoms with van der Waals surface area (Å²) < 4.78 is 5.15. The first-order valence-corrected chi connectivity index (χ1v) is 10.3. The zero-order valence-corrected chi connectivity index (χ0v) is 17.5. The number of nitrogens with one attached hydrogen (secondary N) is 3. The lowest BCUT2D eigenvalue weighted by Gasteiger charge is -2.33. The quantitative estimate of drug-likeness (QED) is 0.384. The number of amides is 3. The molecule has 1 aromatic rings. The summed E-state index contributed by atoms with van der Waals surface area (Å²) in [5, 5.41) is 8.18. The van der Waals surface area contributed by atoms with Gasteiger partial charge in [0.1, 0.15) is 6.04 Å². The fourth-order valence-corrected chi connectivity index (χ4v) is 3.11. The van der Waals surface area contributed by atoms with E-state index in [1.54, 1.807) is 29.2 Å². The summed E-state index contributed by atoms with van der Waals surface area (Å²) in [5.41, 5.74) is 0.931. The molecule has 0 aromatic heterocycles. The van der Waals surface area contributed by atoms with Crippen LogP contribution in [0.25, 0.3) is 0 Å². The highest BCUT2D eigenvalue weighted by Gasteiger charge is 2.33. The van der Waals surface area contributed by atoms with Gasteiger partial charge in [-0.2, -0.15) is 0 Å². The molecule has 1 aromatic carbocycles. The molecule has 3 N–H and O–H groups in total. The number of esters is 1. The van der Waals surface area contributed by atoms with Crippen molar-refractivity contribution in [3.63, 3.8) is 0 Å². The highest BCUT2D eigenvalue weighted by molar-refractivity contribution is 5.98. The Morgan fingerprint density at radius 2 is 2.07 bits per heavy atom. The number of ether oxygens (including phenoxy) is 1. The van der Waals surface area contributed by atoms with Gasteiger partial charge in [-0.1, -0.05) is 19.4 Å². The van der Waals surface area contributed by atoms with Crippen molar-refractivity contribution >= 4 is 29.4 Å². The second-order valence-corrected chi connectivity index (χ2v) is 7.04. The normalized spacial score (nSPS) is 16.5. The molecule has 1 atom stereocenters. The van der Waals surface area contributed by atoms with Gasteiger partial charge in [0.05, 0.1) is 19.6 Å². The van der Waals surface area contributed by atoms with E-state index >= 15 is 0 Å². The molecule has 1 fully saturated rings. The number of rotatable bonds is 10. The maximum absolute atomic E-state index is 12.5. The molecule has 1 aliphatic rings. The molecule has 0 saturated carbocycles. The third kappa shape index (κ3) is 7.14. The molecule has 0 bridgehead atoms. The van der Waals surface area contributed by atoms with Crippen LogP contribution in [0.5, 0.6) is 0 Å². The van der Waals surface area contributed by atoms with Crippen molar-refractivity contribution in [3.8, 4) is 0 Å². The van der Waals surface area contributed by atoms with E-state index in [2.05, 4.69) is 16.0 Å². The summed E-state index contributed by atoms with van der Waals surface area (Å²) >= 11 is 0. The third-order valence-electron chi connectivity index (χ3n) is 4.66. The van der Waals surface area contributed by atoms with Crippen LogP contribution in [0.15, 0.2) is 24.3 Å². The van der Waals surface area contributed by atoms with Crippen molar-refractivity contribution in [1.29, 1.82) is 0 Å². The van der Waals surface area contributed by atoms with Gasteiger partial charge in [-0.3, -0.25) is 24.1 Å². The van der Waals surface area contributed by atoms with Gasteiger partial charge in [0.2, 0.25) is 11.8 Å². The van der Waals surface area contributed by atoms with Crippen molar-refractivity contribution in [3.05, 3.63) is 29.8 Å².